The van der Waals surface area contributed by atoms with Crippen LogP contribution < -0.4 is 4.74 Å². The molecule has 196 valence electrons. The Balaban J connectivity index is 1.19. The zero-order valence-corrected chi connectivity index (χ0v) is 20.0. The van der Waals surface area contributed by atoms with E-state index in [1.165, 1.54) is 12.1 Å². The van der Waals surface area contributed by atoms with Gasteiger partial charge in [-0.1, -0.05) is 25.5 Å². The molecule has 9 heteroatoms. The van der Waals surface area contributed by atoms with Gasteiger partial charge in [-0.25, -0.2) is 13.2 Å². The van der Waals surface area contributed by atoms with E-state index in [4.69, 9.17) is 14.2 Å². The van der Waals surface area contributed by atoms with Gasteiger partial charge >= 0.3 is 6.11 Å². The number of hydrogen-bond donors (Lipinski definition) is 0. The maximum absolute atomic E-state index is 14.6. The second kappa shape index (κ2) is 9.58. The molecule has 0 spiro atoms. The Morgan fingerprint density at radius 3 is 1.97 bits per heavy atom. The molecule has 4 aliphatic rings. The van der Waals surface area contributed by atoms with Gasteiger partial charge in [-0.05, 0) is 55.7 Å². The molecule has 1 aliphatic carbocycles. The lowest BCUT2D eigenvalue weighted by Gasteiger charge is -2.55. The van der Waals surface area contributed by atoms with Crippen molar-refractivity contribution < 1.29 is 40.9 Å². The van der Waals surface area contributed by atoms with Gasteiger partial charge in [-0.2, -0.15) is 8.78 Å². The van der Waals surface area contributed by atoms with Crippen LogP contribution in [-0.4, -0.2) is 25.8 Å². The van der Waals surface area contributed by atoms with Gasteiger partial charge in [0.05, 0.1) is 25.4 Å². The molecule has 3 saturated heterocycles. The summed E-state index contributed by atoms with van der Waals surface area (Å²) in [5, 5.41) is 0. The minimum Gasteiger partial charge on any atom is -0.429 e. The molecule has 2 aromatic rings. The maximum Gasteiger partial charge on any atom is 0.426 e. The summed E-state index contributed by atoms with van der Waals surface area (Å²) in [7, 11) is 0. The molecular formula is C27H29F5O4. The zero-order valence-electron chi connectivity index (χ0n) is 20.0. The number of rotatable bonds is 7. The van der Waals surface area contributed by atoms with Gasteiger partial charge < -0.3 is 18.9 Å². The number of benzene rings is 2. The molecule has 0 radical (unpaired) electrons. The molecule has 3 heterocycles. The Morgan fingerprint density at radius 2 is 1.44 bits per heavy atom. The fraction of sp³-hybridized carbons (Fsp3) is 0.556. The second-order valence-electron chi connectivity index (χ2n) is 10.2. The van der Waals surface area contributed by atoms with E-state index in [-0.39, 0.29) is 17.3 Å². The Morgan fingerprint density at radius 1 is 0.889 bits per heavy atom. The third kappa shape index (κ3) is 4.73. The van der Waals surface area contributed by atoms with E-state index in [1.54, 1.807) is 12.1 Å². The van der Waals surface area contributed by atoms with E-state index < -0.39 is 40.8 Å². The average Bonchev–Trinajstić information content (AvgIpc) is 2.88. The predicted octanol–water partition coefficient (Wildman–Crippen LogP) is 7.02. The fourth-order valence-electron chi connectivity index (χ4n) is 5.64. The zero-order chi connectivity index (χ0) is 25.6. The van der Waals surface area contributed by atoms with Crippen LogP contribution in [0.25, 0.3) is 0 Å². The van der Waals surface area contributed by atoms with Crippen LogP contribution in [0.3, 0.4) is 0 Å². The van der Waals surface area contributed by atoms with Gasteiger partial charge in [0, 0.05) is 23.5 Å². The number of alkyl halides is 2. The molecule has 4 fully saturated rings. The highest BCUT2D eigenvalue weighted by Crippen LogP contribution is 2.50. The van der Waals surface area contributed by atoms with Gasteiger partial charge in [0.1, 0.15) is 5.75 Å². The number of ether oxygens (including phenoxy) is 4. The molecule has 0 N–H and O–H groups in total. The summed E-state index contributed by atoms with van der Waals surface area (Å²) in [4.78, 5) is 0. The standard InChI is InChI=1S/C27H29F5O4/c1-2-11-25-14-33-27(34-15-25,35-16-25)20-9-5-18(6-10-20)17-3-7-19(8-4-17)26(31,32)36-21-12-22(28)24(30)23(29)13-21/h3-4,7-8,12-13,18,20H,2,5-6,9-11,14-16H2,1H3. The molecule has 0 unspecified atom stereocenters. The summed E-state index contributed by atoms with van der Waals surface area (Å²) in [6, 6.07) is 6.48. The van der Waals surface area contributed by atoms with E-state index in [2.05, 4.69) is 11.7 Å². The normalized spacial score (nSPS) is 30.4. The number of halogens is 5. The van der Waals surface area contributed by atoms with Crippen molar-refractivity contribution >= 4 is 0 Å². The largest absolute Gasteiger partial charge is 0.429 e. The molecule has 36 heavy (non-hydrogen) atoms. The predicted molar refractivity (Wildman–Crippen MR) is 120 cm³/mol. The third-order valence-corrected chi connectivity index (χ3v) is 7.67. The van der Waals surface area contributed by atoms with Gasteiger partial charge in [0.15, 0.2) is 17.5 Å². The van der Waals surface area contributed by atoms with Gasteiger partial charge in [-0.3, -0.25) is 0 Å². The first-order chi connectivity index (χ1) is 17.2. The Bertz CT molecular complexity index is 1030. The van der Waals surface area contributed by atoms with Crippen molar-refractivity contribution in [3.8, 4) is 5.75 Å². The topological polar surface area (TPSA) is 36.9 Å². The third-order valence-electron chi connectivity index (χ3n) is 7.67. The van der Waals surface area contributed by atoms with E-state index in [0.29, 0.717) is 32.0 Å². The Kier molecular flexibility index (Phi) is 6.76. The van der Waals surface area contributed by atoms with Crippen molar-refractivity contribution in [2.45, 2.75) is 63.4 Å². The van der Waals surface area contributed by atoms with Crippen LogP contribution in [0.2, 0.25) is 0 Å². The highest BCUT2D eigenvalue weighted by molar-refractivity contribution is 5.30. The van der Waals surface area contributed by atoms with E-state index in [9.17, 15) is 22.0 Å². The highest BCUT2D eigenvalue weighted by Gasteiger charge is 2.56. The molecule has 0 amide bonds. The molecule has 6 rings (SSSR count). The van der Waals surface area contributed by atoms with Crippen LogP contribution in [0.4, 0.5) is 22.0 Å². The van der Waals surface area contributed by atoms with Crippen LogP contribution in [0.1, 0.15) is 62.5 Å². The average molecular weight is 513 g/mol. The monoisotopic (exact) mass is 512 g/mol. The molecule has 0 aromatic heterocycles. The molecule has 2 aromatic carbocycles. The van der Waals surface area contributed by atoms with Gasteiger partial charge in [0.2, 0.25) is 0 Å². The molecule has 2 bridgehead atoms. The molecular weight excluding hydrogens is 483 g/mol. The fourth-order valence-corrected chi connectivity index (χ4v) is 5.64. The first kappa shape index (κ1) is 25.4. The van der Waals surface area contributed by atoms with Crippen molar-refractivity contribution in [2.24, 2.45) is 11.3 Å². The summed E-state index contributed by atoms with van der Waals surface area (Å²) in [5.41, 5.74) is 0.404. The Labute approximate surface area is 206 Å². The van der Waals surface area contributed by atoms with Crippen molar-refractivity contribution in [1.29, 1.82) is 0 Å². The lowest BCUT2D eigenvalue weighted by atomic mass is 9.76. The summed E-state index contributed by atoms with van der Waals surface area (Å²) in [6.45, 7) is 4.09. The van der Waals surface area contributed by atoms with E-state index in [1.807, 2.05) is 0 Å². The minimum absolute atomic E-state index is 0.0414. The molecule has 4 nitrogen and oxygen atoms in total. The smallest absolute Gasteiger partial charge is 0.426 e. The van der Waals surface area contributed by atoms with E-state index >= 15 is 0 Å². The second-order valence-corrected chi connectivity index (χ2v) is 10.2. The SMILES string of the molecule is CCCC12COC(C3CCC(c4ccc(C(F)(F)Oc5cc(F)c(F)c(F)c5)cc4)CC3)(OC1)OC2. The molecule has 1 saturated carbocycles. The molecule has 3 aliphatic heterocycles. The van der Waals surface area contributed by atoms with Crippen molar-refractivity contribution in [1.82, 2.24) is 0 Å². The number of fused-ring (bicyclic) bond motifs is 3. The van der Waals surface area contributed by atoms with Crippen molar-refractivity contribution in [2.75, 3.05) is 19.8 Å². The maximum atomic E-state index is 14.6. The van der Waals surface area contributed by atoms with Crippen LogP contribution in [0, 0.1) is 28.8 Å². The number of hydrogen-bond acceptors (Lipinski definition) is 4. The summed E-state index contributed by atoms with van der Waals surface area (Å²) >= 11 is 0. The van der Waals surface area contributed by atoms with Crippen LogP contribution >= 0.6 is 0 Å². The molecule has 0 atom stereocenters. The first-order valence-electron chi connectivity index (χ1n) is 12.4. The van der Waals surface area contributed by atoms with Gasteiger partial charge in [0.25, 0.3) is 5.97 Å². The van der Waals surface area contributed by atoms with Crippen molar-refractivity contribution in [3.63, 3.8) is 0 Å². The summed E-state index contributed by atoms with van der Waals surface area (Å²) < 4.78 is 91.8. The lowest BCUT2D eigenvalue weighted by molar-refractivity contribution is -0.488. The van der Waals surface area contributed by atoms with Crippen LogP contribution in [0.5, 0.6) is 5.75 Å². The summed E-state index contributed by atoms with van der Waals surface area (Å²) in [6.07, 6.45) is 1.53. The lowest BCUT2D eigenvalue weighted by Crippen LogP contribution is -2.63. The van der Waals surface area contributed by atoms with Crippen molar-refractivity contribution in [3.05, 3.63) is 65.0 Å². The summed E-state index contributed by atoms with van der Waals surface area (Å²) in [5.74, 6) is -6.42. The van der Waals surface area contributed by atoms with E-state index in [0.717, 1.165) is 44.1 Å². The highest BCUT2D eigenvalue weighted by atomic mass is 19.3. The Hall–Kier alpha value is -2.23. The van der Waals surface area contributed by atoms with Crippen LogP contribution in [-0.2, 0) is 20.3 Å². The van der Waals surface area contributed by atoms with Gasteiger partial charge in [-0.15, -0.1) is 0 Å². The quantitative estimate of drug-likeness (QED) is 0.295. The minimum atomic E-state index is -3.85. The van der Waals surface area contributed by atoms with Crippen LogP contribution in [0.15, 0.2) is 36.4 Å². The first-order valence-corrected chi connectivity index (χ1v) is 12.4.